The lowest BCUT2D eigenvalue weighted by atomic mass is 10.2. The van der Waals surface area contributed by atoms with Gasteiger partial charge in [0.1, 0.15) is 5.75 Å². The molecule has 0 aliphatic heterocycles. The Labute approximate surface area is 137 Å². The molecule has 0 fully saturated rings. The number of phenolic OH excluding ortho intramolecular Hbond substituents is 1. The molecule has 0 aliphatic rings. The van der Waals surface area contributed by atoms with Crippen LogP contribution in [0.3, 0.4) is 0 Å². The van der Waals surface area contributed by atoms with Crippen molar-refractivity contribution in [3.05, 3.63) is 53.6 Å². The van der Waals surface area contributed by atoms with Gasteiger partial charge < -0.3 is 15.7 Å². The van der Waals surface area contributed by atoms with Crippen molar-refractivity contribution in [3.8, 4) is 5.75 Å². The molecule has 0 aliphatic carbocycles. The van der Waals surface area contributed by atoms with Crippen molar-refractivity contribution in [1.82, 2.24) is 0 Å². The van der Waals surface area contributed by atoms with Gasteiger partial charge in [-0.1, -0.05) is 6.07 Å². The zero-order valence-corrected chi connectivity index (χ0v) is 12.2. The van der Waals surface area contributed by atoms with Crippen LogP contribution in [0.4, 0.5) is 42.5 Å². The first kappa shape index (κ1) is 18.4. The maximum atomic E-state index is 12.6. The van der Waals surface area contributed by atoms with E-state index in [0.717, 1.165) is 18.2 Å². The Morgan fingerprint density at radius 2 is 1.44 bits per heavy atom. The number of carbonyl (C=O) groups excluding carboxylic acids is 1. The molecule has 25 heavy (non-hydrogen) atoms. The van der Waals surface area contributed by atoms with Crippen LogP contribution in [0.5, 0.6) is 5.75 Å². The predicted octanol–water partition coefficient (Wildman–Crippen LogP) is 5.07. The Bertz CT molecular complexity index is 786. The first-order valence-corrected chi connectivity index (χ1v) is 6.62. The minimum absolute atomic E-state index is 0.223. The molecule has 0 spiro atoms. The minimum atomic E-state index is -4.69. The highest BCUT2D eigenvalue weighted by atomic mass is 19.4. The predicted molar refractivity (Wildman–Crippen MR) is 77.2 cm³/mol. The van der Waals surface area contributed by atoms with E-state index in [1.165, 1.54) is 6.07 Å². The third-order valence-corrected chi connectivity index (χ3v) is 3.02. The van der Waals surface area contributed by atoms with E-state index in [9.17, 15) is 36.2 Å². The van der Waals surface area contributed by atoms with Crippen molar-refractivity contribution >= 4 is 17.4 Å². The van der Waals surface area contributed by atoms with Gasteiger partial charge in [-0.2, -0.15) is 26.3 Å². The number of rotatable bonds is 2. The SMILES string of the molecule is O=C(Nc1cccc(C(F)(F)F)c1)Nc1cc(C(F)(F)F)ccc1O. The first-order chi connectivity index (χ1) is 11.5. The molecule has 0 aromatic heterocycles. The van der Waals surface area contributed by atoms with Gasteiger partial charge >= 0.3 is 18.4 Å². The van der Waals surface area contributed by atoms with E-state index in [2.05, 4.69) is 0 Å². The summed E-state index contributed by atoms with van der Waals surface area (Å²) in [6.45, 7) is 0. The number of benzene rings is 2. The molecule has 0 radical (unpaired) electrons. The molecule has 2 aromatic carbocycles. The van der Waals surface area contributed by atoms with Crippen molar-refractivity contribution in [2.45, 2.75) is 12.4 Å². The Morgan fingerprint density at radius 3 is 2.04 bits per heavy atom. The molecule has 2 rings (SSSR count). The van der Waals surface area contributed by atoms with E-state index < -0.39 is 40.9 Å². The molecule has 2 aromatic rings. The van der Waals surface area contributed by atoms with E-state index in [4.69, 9.17) is 0 Å². The summed E-state index contributed by atoms with van der Waals surface area (Å²) < 4.78 is 75.7. The quantitative estimate of drug-likeness (QED) is 0.514. The van der Waals surface area contributed by atoms with Gasteiger partial charge in [-0.3, -0.25) is 0 Å². The molecular weight excluding hydrogens is 354 g/mol. The topological polar surface area (TPSA) is 61.4 Å². The van der Waals surface area contributed by atoms with Gasteiger partial charge in [-0.05, 0) is 36.4 Å². The van der Waals surface area contributed by atoms with E-state index in [-0.39, 0.29) is 5.69 Å². The van der Waals surface area contributed by atoms with E-state index in [1.807, 2.05) is 10.6 Å². The lowest BCUT2D eigenvalue weighted by Crippen LogP contribution is -2.20. The highest BCUT2D eigenvalue weighted by molar-refractivity contribution is 6.00. The van der Waals surface area contributed by atoms with Crippen molar-refractivity contribution in [1.29, 1.82) is 0 Å². The molecule has 0 bridgehead atoms. The average Bonchev–Trinajstić information content (AvgIpc) is 2.47. The van der Waals surface area contributed by atoms with Gasteiger partial charge in [0.2, 0.25) is 0 Å². The molecule has 2 amide bonds. The fraction of sp³-hybridized carbons (Fsp3) is 0.133. The molecule has 0 saturated heterocycles. The van der Waals surface area contributed by atoms with Gasteiger partial charge in [-0.15, -0.1) is 0 Å². The molecule has 4 nitrogen and oxygen atoms in total. The number of hydrogen-bond donors (Lipinski definition) is 3. The summed E-state index contributed by atoms with van der Waals surface area (Å²) in [6, 6.07) is 4.41. The zero-order valence-electron chi connectivity index (χ0n) is 12.2. The summed E-state index contributed by atoms with van der Waals surface area (Å²) in [5.74, 6) is -0.632. The van der Waals surface area contributed by atoms with Crippen LogP contribution in [-0.4, -0.2) is 11.1 Å². The van der Waals surface area contributed by atoms with Crippen LogP contribution in [0.2, 0.25) is 0 Å². The Morgan fingerprint density at radius 1 is 0.840 bits per heavy atom. The smallest absolute Gasteiger partial charge is 0.416 e. The molecule has 10 heteroatoms. The lowest BCUT2D eigenvalue weighted by molar-refractivity contribution is -0.138. The van der Waals surface area contributed by atoms with Crippen LogP contribution in [-0.2, 0) is 12.4 Å². The normalized spacial score (nSPS) is 11.9. The lowest BCUT2D eigenvalue weighted by Gasteiger charge is -2.13. The van der Waals surface area contributed by atoms with E-state index >= 15 is 0 Å². The van der Waals surface area contributed by atoms with Crippen LogP contribution in [0.25, 0.3) is 0 Å². The number of hydrogen-bond acceptors (Lipinski definition) is 2. The number of aromatic hydroxyl groups is 1. The Balaban J connectivity index is 2.16. The van der Waals surface area contributed by atoms with Crippen LogP contribution < -0.4 is 10.6 Å². The highest BCUT2D eigenvalue weighted by Gasteiger charge is 2.32. The Kier molecular flexibility index (Phi) is 4.82. The molecule has 0 heterocycles. The molecule has 3 N–H and O–H groups in total. The summed E-state index contributed by atoms with van der Waals surface area (Å²) in [5.41, 5.74) is -2.88. The van der Waals surface area contributed by atoms with Crippen LogP contribution in [0.1, 0.15) is 11.1 Å². The maximum absolute atomic E-state index is 12.6. The number of nitrogens with one attached hydrogen (secondary N) is 2. The van der Waals surface area contributed by atoms with Gasteiger partial charge in [0.25, 0.3) is 0 Å². The first-order valence-electron chi connectivity index (χ1n) is 6.62. The molecule has 0 unspecified atom stereocenters. The standard InChI is InChI=1S/C15H10F6N2O2/c16-14(17,18)8-2-1-3-10(6-8)22-13(25)23-11-7-9(15(19,20)21)4-5-12(11)24/h1-7,24H,(H2,22,23,25). The fourth-order valence-corrected chi connectivity index (χ4v) is 1.87. The Hall–Kier alpha value is -2.91. The van der Waals surface area contributed by atoms with Crippen molar-refractivity contribution in [2.75, 3.05) is 10.6 Å². The zero-order chi connectivity index (χ0) is 18.8. The summed E-state index contributed by atoms with van der Waals surface area (Å²) in [7, 11) is 0. The maximum Gasteiger partial charge on any atom is 0.416 e. The molecule has 134 valence electrons. The summed E-state index contributed by atoms with van der Waals surface area (Å²) >= 11 is 0. The minimum Gasteiger partial charge on any atom is -0.506 e. The summed E-state index contributed by atoms with van der Waals surface area (Å²) in [4.78, 5) is 11.8. The fourth-order valence-electron chi connectivity index (χ4n) is 1.87. The highest BCUT2D eigenvalue weighted by Crippen LogP contribution is 2.34. The van der Waals surface area contributed by atoms with Gasteiger partial charge in [0, 0.05) is 5.69 Å². The number of alkyl halides is 6. The molecule has 0 atom stereocenters. The molecular formula is C15H10F6N2O2. The van der Waals surface area contributed by atoms with E-state index in [1.54, 1.807) is 0 Å². The number of halogens is 6. The second-order valence-electron chi connectivity index (χ2n) is 4.89. The van der Waals surface area contributed by atoms with Crippen LogP contribution >= 0.6 is 0 Å². The molecule has 0 saturated carbocycles. The van der Waals surface area contributed by atoms with Crippen molar-refractivity contribution in [3.63, 3.8) is 0 Å². The number of carbonyl (C=O) groups is 1. The monoisotopic (exact) mass is 364 g/mol. The van der Waals surface area contributed by atoms with Gasteiger partial charge in [0.05, 0.1) is 16.8 Å². The second kappa shape index (κ2) is 6.54. The van der Waals surface area contributed by atoms with Crippen LogP contribution in [0, 0.1) is 0 Å². The van der Waals surface area contributed by atoms with Gasteiger partial charge in [-0.25, -0.2) is 4.79 Å². The largest absolute Gasteiger partial charge is 0.506 e. The van der Waals surface area contributed by atoms with E-state index in [0.29, 0.717) is 18.2 Å². The van der Waals surface area contributed by atoms with Crippen molar-refractivity contribution < 1.29 is 36.2 Å². The van der Waals surface area contributed by atoms with Crippen LogP contribution in [0.15, 0.2) is 42.5 Å². The number of anilines is 2. The average molecular weight is 364 g/mol. The van der Waals surface area contributed by atoms with Crippen molar-refractivity contribution in [2.24, 2.45) is 0 Å². The third kappa shape index (κ3) is 4.78. The second-order valence-corrected chi connectivity index (χ2v) is 4.89. The summed E-state index contributed by atoms with van der Waals surface area (Å²) in [5, 5.41) is 13.5. The number of amides is 2. The summed E-state index contributed by atoms with van der Waals surface area (Å²) in [6.07, 6.45) is -9.31. The third-order valence-electron chi connectivity index (χ3n) is 3.02. The number of urea groups is 1. The van der Waals surface area contributed by atoms with Gasteiger partial charge in [0.15, 0.2) is 0 Å². The number of phenols is 1.